The van der Waals surface area contributed by atoms with Gasteiger partial charge in [0.1, 0.15) is 0 Å². The van der Waals surface area contributed by atoms with Gasteiger partial charge in [-0.2, -0.15) is 0 Å². The fourth-order valence-electron chi connectivity index (χ4n) is 3.42. The molecule has 2 heterocycles. The first-order valence-electron chi connectivity index (χ1n) is 8.41. The van der Waals surface area contributed by atoms with E-state index in [1.807, 2.05) is 0 Å². The number of fused-ring (bicyclic) bond motifs is 1. The standard InChI is InChI=1S/C18H28N2S/c1-14(2)19-12-15-7-9-20(10-8-15)13-17-11-16-5-3-4-6-18(16)21-17/h3-6,14-15,17,19H,7-13H2,1-2H3. The topological polar surface area (TPSA) is 15.3 Å². The Kier molecular flexibility index (Phi) is 5.25. The summed E-state index contributed by atoms with van der Waals surface area (Å²) in [5.74, 6) is 0.886. The maximum Gasteiger partial charge on any atom is 0.0263 e. The van der Waals surface area contributed by atoms with E-state index in [1.165, 1.54) is 50.3 Å². The van der Waals surface area contributed by atoms with E-state index in [2.05, 4.69) is 60.1 Å². The minimum absolute atomic E-state index is 0.622. The number of nitrogens with zero attached hydrogens (tertiary/aromatic N) is 1. The molecule has 0 radical (unpaired) electrons. The molecule has 1 atom stereocenters. The number of nitrogens with one attached hydrogen (secondary N) is 1. The highest BCUT2D eigenvalue weighted by Crippen LogP contribution is 2.37. The second-order valence-corrected chi connectivity index (χ2v) is 8.20. The maximum absolute atomic E-state index is 3.59. The predicted octanol–water partition coefficient (Wildman–Crippen LogP) is 3.41. The summed E-state index contributed by atoms with van der Waals surface area (Å²) >= 11 is 2.09. The molecule has 2 aliphatic heterocycles. The van der Waals surface area contributed by atoms with Gasteiger partial charge in [0.25, 0.3) is 0 Å². The van der Waals surface area contributed by atoms with Gasteiger partial charge in [-0.05, 0) is 56.4 Å². The molecular weight excluding hydrogens is 276 g/mol. The lowest BCUT2D eigenvalue weighted by atomic mass is 9.96. The van der Waals surface area contributed by atoms with E-state index in [0.717, 1.165) is 11.2 Å². The first-order valence-corrected chi connectivity index (χ1v) is 9.29. The molecule has 1 unspecified atom stereocenters. The molecule has 0 aromatic heterocycles. The third-order valence-corrected chi connectivity index (χ3v) is 6.00. The lowest BCUT2D eigenvalue weighted by Crippen LogP contribution is -2.41. The van der Waals surface area contributed by atoms with Gasteiger partial charge in [0.15, 0.2) is 0 Å². The smallest absolute Gasteiger partial charge is 0.0263 e. The van der Waals surface area contributed by atoms with Crippen LogP contribution in [0.25, 0.3) is 0 Å². The number of likely N-dealkylation sites (tertiary alicyclic amines) is 1. The summed E-state index contributed by atoms with van der Waals surface area (Å²) < 4.78 is 0. The normalized spacial score (nSPS) is 23.7. The van der Waals surface area contributed by atoms with Gasteiger partial charge in [-0.3, -0.25) is 0 Å². The Hall–Kier alpha value is -0.510. The van der Waals surface area contributed by atoms with Crippen molar-refractivity contribution in [3.05, 3.63) is 29.8 Å². The van der Waals surface area contributed by atoms with E-state index >= 15 is 0 Å². The summed E-state index contributed by atoms with van der Waals surface area (Å²) in [5.41, 5.74) is 1.56. The van der Waals surface area contributed by atoms with Gasteiger partial charge in [0.2, 0.25) is 0 Å². The molecule has 116 valence electrons. The number of hydrogen-bond donors (Lipinski definition) is 1. The largest absolute Gasteiger partial charge is 0.314 e. The van der Waals surface area contributed by atoms with Crippen molar-refractivity contribution in [2.75, 3.05) is 26.2 Å². The van der Waals surface area contributed by atoms with Crippen LogP contribution in [0.15, 0.2) is 29.2 Å². The molecular formula is C18H28N2S. The molecule has 1 N–H and O–H groups in total. The van der Waals surface area contributed by atoms with Crippen LogP contribution in [0.2, 0.25) is 0 Å². The molecule has 1 saturated heterocycles. The van der Waals surface area contributed by atoms with Crippen LogP contribution in [0.1, 0.15) is 32.3 Å². The van der Waals surface area contributed by atoms with Crippen LogP contribution >= 0.6 is 11.8 Å². The lowest BCUT2D eigenvalue weighted by Gasteiger charge is -2.33. The molecule has 1 aromatic rings. The highest BCUT2D eigenvalue weighted by atomic mass is 32.2. The van der Waals surface area contributed by atoms with Gasteiger partial charge in [-0.1, -0.05) is 32.0 Å². The minimum Gasteiger partial charge on any atom is -0.314 e. The SMILES string of the molecule is CC(C)NCC1CCN(CC2Cc3ccccc3S2)CC1. The van der Waals surface area contributed by atoms with Crippen molar-refractivity contribution in [3.63, 3.8) is 0 Å². The van der Waals surface area contributed by atoms with E-state index in [-0.39, 0.29) is 0 Å². The Balaban J connectivity index is 1.41. The van der Waals surface area contributed by atoms with E-state index in [0.29, 0.717) is 6.04 Å². The van der Waals surface area contributed by atoms with E-state index < -0.39 is 0 Å². The van der Waals surface area contributed by atoms with Crippen LogP contribution < -0.4 is 5.32 Å². The summed E-state index contributed by atoms with van der Waals surface area (Å²) in [5, 5.41) is 4.36. The second kappa shape index (κ2) is 7.17. The zero-order valence-electron chi connectivity index (χ0n) is 13.3. The van der Waals surface area contributed by atoms with Crippen LogP contribution in [0, 0.1) is 5.92 Å². The van der Waals surface area contributed by atoms with Crippen LogP contribution in [0.5, 0.6) is 0 Å². The molecule has 0 saturated carbocycles. The van der Waals surface area contributed by atoms with Crippen molar-refractivity contribution in [1.82, 2.24) is 10.2 Å². The Bertz CT molecular complexity index is 427. The highest BCUT2D eigenvalue weighted by molar-refractivity contribution is 8.00. The summed E-state index contributed by atoms with van der Waals surface area (Å²) in [7, 11) is 0. The Morgan fingerprint density at radius 2 is 2.00 bits per heavy atom. The van der Waals surface area contributed by atoms with Gasteiger partial charge in [-0.15, -0.1) is 11.8 Å². The predicted molar refractivity (Wildman–Crippen MR) is 92.1 cm³/mol. The number of hydrogen-bond acceptors (Lipinski definition) is 3. The highest BCUT2D eigenvalue weighted by Gasteiger charge is 2.26. The second-order valence-electron chi connectivity index (χ2n) is 6.86. The average Bonchev–Trinajstić information content (AvgIpc) is 2.88. The Labute approximate surface area is 133 Å². The lowest BCUT2D eigenvalue weighted by molar-refractivity contribution is 0.181. The number of benzene rings is 1. The van der Waals surface area contributed by atoms with E-state index in [1.54, 1.807) is 5.56 Å². The minimum atomic E-state index is 0.622. The molecule has 2 aliphatic rings. The molecule has 1 fully saturated rings. The van der Waals surface area contributed by atoms with Gasteiger partial charge in [-0.25, -0.2) is 0 Å². The van der Waals surface area contributed by atoms with Crippen molar-refractivity contribution >= 4 is 11.8 Å². The monoisotopic (exact) mass is 304 g/mol. The van der Waals surface area contributed by atoms with Crippen LogP contribution in [-0.4, -0.2) is 42.4 Å². The summed E-state index contributed by atoms with van der Waals surface area (Å²) in [4.78, 5) is 4.20. The quantitative estimate of drug-likeness (QED) is 0.897. The molecule has 2 nitrogen and oxygen atoms in total. The number of rotatable bonds is 5. The number of thioether (sulfide) groups is 1. The zero-order valence-corrected chi connectivity index (χ0v) is 14.2. The third-order valence-electron chi connectivity index (χ3n) is 4.70. The average molecular weight is 305 g/mol. The Morgan fingerprint density at radius 1 is 1.24 bits per heavy atom. The van der Waals surface area contributed by atoms with Gasteiger partial charge in [0, 0.05) is 22.7 Å². The van der Waals surface area contributed by atoms with Gasteiger partial charge >= 0.3 is 0 Å². The summed E-state index contributed by atoms with van der Waals surface area (Å²) in [6.07, 6.45) is 3.99. The van der Waals surface area contributed by atoms with Crippen molar-refractivity contribution in [2.24, 2.45) is 5.92 Å². The molecule has 1 aromatic carbocycles. The first-order chi connectivity index (χ1) is 10.2. The van der Waals surface area contributed by atoms with Gasteiger partial charge in [0.05, 0.1) is 0 Å². The maximum atomic E-state index is 3.59. The van der Waals surface area contributed by atoms with Crippen molar-refractivity contribution in [2.45, 2.75) is 49.3 Å². The zero-order chi connectivity index (χ0) is 14.7. The third kappa shape index (κ3) is 4.24. The molecule has 3 heteroatoms. The van der Waals surface area contributed by atoms with Crippen LogP contribution in [0.3, 0.4) is 0 Å². The van der Waals surface area contributed by atoms with E-state index in [4.69, 9.17) is 0 Å². The molecule has 0 bridgehead atoms. The van der Waals surface area contributed by atoms with Crippen LogP contribution in [0.4, 0.5) is 0 Å². The van der Waals surface area contributed by atoms with Crippen molar-refractivity contribution in [1.29, 1.82) is 0 Å². The van der Waals surface area contributed by atoms with E-state index in [9.17, 15) is 0 Å². The fourth-order valence-corrected chi connectivity index (χ4v) is 4.79. The first kappa shape index (κ1) is 15.4. The molecule has 21 heavy (non-hydrogen) atoms. The molecule has 0 aliphatic carbocycles. The fraction of sp³-hybridized carbons (Fsp3) is 0.667. The molecule has 3 rings (SSSR count). The van der Waals surface area contributed by atoms with Crippen molar-refractivity contribution < 1.29 is 0 Å². The Morgan fingerprint density at radius 3 is 2.71 bits per heavy atom. The van der Waals surface area contributed by atoms with Gasteiger partial charge < -0.3 is 10.2 Å². The summed E-state index contributed by atoms with van der Waals surface area (Å²) in [6, 6.07) is 9.54. The number of piperidine rings is 1. The molecule has 0 spiro atoms. The van der Waals surface area contributed by atoms with Crippen LogP contribution in [-0.2, 0) is 6.42 Å². The van der Waals surface area contributed by atoms with Crippen molar-refractivity contribution in [3.8, 4) is 0 Å². The molecule has 0 amide bonds. The summed E-state index contributed by atoms with van der Waals surface area (Å²) in [6.45, 7) is 9.53.